The molecule has 0 aliphatic heterocycles. The van der Waals surface area contributed by atoms with E-state index in [-0.39, 0.29) is 12.0 Å². The molecule has 1 aromatic carbocycles. The molecule has 0 saturated carbocycles. The average molecular weight is 300 g/mol. The number of anilines is 3. The Hall–Kier alpha value is -2.21. The van der Waals surface area contributed by atoms with E-state index in [0.717, 1.165) is 25.1 Å². The molecular formula is C16H24N6. The first kappa shape index (κ1) is 16.2. The fourth-order valence-corrected chi connectivity index (χ4v) is 2.10. The van der Waals surface area contributed by atoms with Gasteiger partial charge in [0, 0.05) is 5.69 Å². The van der Waals surface area contributed by atoms with Gasteiger partial charge in [0.25, 0.3) is 0 Å². The van der Waals surface area contributed by atoms with Crippen molar-refractivity contribution >= 4 is 17.6 Å². The third-order valence-corrected chi connectivity index (χ3v) is 3.60. The zero-order valence-electron chi connectivity index (χ0n) is 13.5. The van der Waals surface area contributed by atoms with E-state index in [2.05, 4.69) is 46.1 Å². The molecule has 22 heavy (non-hydrogen) atoms. The molecule has 0 fully saturated rings. The van der Waals surface area contributed by atoms with Crippen LogP contribution in [-0.4, -0.2) is 33.4 Å². The number of hydrogen-bond donors (Lipinski definition) is 2. The summed E-state index contributed by atoms with van der Waals surface area (Å²) in [5, 5.41) is 3.16. The maximum atomic E-state index is 5.83. The summed E-state index contributed by atoms with van der Waals surface area (Å²) in [4.78, 5) is 15.2. The van der Waals surface area contributed by atoms with Gasteiger partial charge in [0.1, 0.15) is 0 Å². The minimum Gasteiger partial charge on any atom is -0.368 e. The highest BCUT2D eigenvalue weighted by atomic mass is 15.2. The summed E-state index contributed by atoms with van der Waals surface area (Å²) < 4.78 is 0. The van der Waals surface area contributed by atoms with E-state index in [1.807, 2.05) is 30.3 Å². The molecule has 2 aromatic rings. The lowest BCUT2D eigenvalue weighted by Gasteiger charge is -2.23. The number of para-hydroxylation sites is 1. The topological polar surface area (TPSA) is 80.0 Å². The Morgan fingerprint density at radius 1 is 1.18 bits per heavy atom. The van der Waals surface area contributed by atoms with Crippen LogP contribution in [0.25, 0.3) is 0 Å². The van der Waals surface area contributed by atoms with Gasteiger partial charge in [-0.15, -0.1) is 0 Å². The maximum Gasteiger partial charge on any atom is 0.232 e. The van der Waals surface area contributed by atoms with Gasteiger partial charge in [-0.1, -0.05) is 31.5 Å². The van der Waals surface area contributed by atoms with E-state index in [4.69, 9.17) is 5.73 Å². The Labute approximate surface area is 131 Å². The molecule has 0 aliphatic carbocycles. The molecule has 0 saturated heterocycles. The number of unbranched alkanes of at least 4 members (excludes halogenated alkanes) is 1. The van der Waals surface area contributed by atoms with Gasteiger partial charge in [0.15, 0.2) is 5.82 Å². The van der Waals surface area contributed by atoms with Crippen molar-refractivity contribution in [3.05, 3.63) is 36.2 Å². The molecule has 0 aliphatic rings. The molecule has 0 amide bonds. The van der Waals surface area contributed by atoms with Crippen molar-refractivity contribution in [3.63, 3.8) is 0 Å². The summed E-state index contributed by atoms with van der Waals surface area (Å²) >= 11 is 0. The van der Waals surface area contributed by atoms with Crippen LogP contribution in [0.2, 0.25) is 0 Å². The van der Waals surface area contributed by atoms with Crippen molar-refractivity contribution < 1.29 is 0 Å². The molecular weight excluding hydrogens is 276 g/mol. The fourth-order valence-electron chi connectivity index (χ4n) is 2.10. The van der Waals surface area contributed by atoms with E-state index in [1.165, 1.54) is 0 Å². The number of nitrogens with zero attached hydrogens (tertiary/aromatic N) is 4. The van der Waals surface area contributed by atoms with Gasteiger partial charge in [-0.2, -0.15) is 15.0 Å². The number of aromatic nitrogens is 3. The zero-order valence-corrected chi connectivity index (χ0v) is 13.5. The monoisotopic (exact) mass is 300 g/mol. The molecule has 3 N–H and O–H groups in total. The Morgan fingerprint density at radius 3 is 2.59 bits per heavy atom. The Morgan fingerprint density at radius 2 is 1.91 bits per heavy atom. The van der Waals surface area contributed by atoms with Crippen LogP contribution < -0.4 is 11.1 Å². The highest BCUT2D eigenvalue weighted by molar-refractivity contribution is 5.53. The fraction of sp³-hybridized carbons (Fsp3) is 0.438. The second kappa shape index (κ2) is 7.70. The number of rotatable bonds is 7. The number of nitrogens with one attached hydrogen (secondary N) is 1. The van der Waals surface area contributed by atoms with Crippen LogP contribution >= 0.6 is 0 Å². The van der Waals surface area contributed by atoms with Gasteiger partial charge in [0.2, 0.25) is 11.9 Å². The Kier molecular flexibility index (Phi) is 5.66. The normalized spacial score (nSPS) is 12.4. The molecule has 1 aromatic heterocycles. The standard InChI is InChI=1S/C16H24N6/c1-4-5-11-22(3)12(2)14-19-15(17)21-16(20-14)18-13-9-7-6-8-10-13/h6-10,12H,4-5,11H2,1-3H3,(H3,17,18,19,20,21). The van der Waals surface area contributed by atoms with Crippen molar-refractivity contribution in [2.45, 2.75) is 32.7 Å². The highest BCUT2D eigenvalue weighted by Gasteiger charge is 2.16. The highest BCUT2D eigenvalue weighted by Crippen LogP contribution is 2.19. The van der Waals surface area contributed by atoms with Crippen LogP contribution in [0.15, 0.2) is 30.3 Å². The third-order valence-electron chi connectivity index (χ3n) is 3.60. The summed E-state index contributed by atoms with van der Waals surface area (Å²) in [6, 6.07) is 9.87. The molecule has 2 rings (SSSR count). The van der Waals surface area contributed by atoms with Crippen LogP contribution in [0.3, 0.4) is 0 Å². The van der Waals surface area contributed by atoms with Crippen LogP contribution in [0, 0.1) is 0 Å². The van der Waals surface area contributed by atoms with Crippen LogP contribution in [0.4, 0.5) is 17.6 Å². The predicted octanol–water partition coefficient (Wildman–Crippen LogP) is 2.99. The van der Waals surface area contributed by atoms with Crippen LogP contribution in [0.1, 0.15) is 38.6 Å². The Balaban J connectivity index is 2.15. The Bertz CT molecular complexity index is 586. The molecule has 6 heteroatoms. The first-order valence-electron chi connectivity index (χ1n) is 7.64. The van der Waals surface area contributed by atoms with Gasteiger partial charge in [-0.3, -0.25) is 4.90 Å². The van der Waals surface area contributed by atoms with Crippen molar-refractivity contribution in [2.24, 2.45) is 0 Å². The van der Waals surface area contributed by atoms with Crippen LogP contribution in [0.5, 0.6) is 0 Å². The largest absolute Gasteiger partial charge is 0.368 e. The quantitative estimate of drug-likeness (QED) is 0.818. The molecule has 1 atom stereocenters. The second-order valence-electron chi connectivity index (χ2n) is 5.38. The van der Waals surface area contributed by atoms with Gasteiger partial charge in [0.05, 0.1) is 6.04 Å². The van der Waals surface area contributed by atoms with Gasteiger partial charge >= 0.3 is 0 Å². The molecule has 1 unspecified atom stereocenters. The van der Waals surface area contributed by atoms with Crippen molar-refractivity contribution in [1.82, 2.24) is 19.9 Å². The third kappa shape index (κ3) is 4.39. The predicted molar refractivity (Wildman–Crippen MR) is 89.9 cm³/mol. The first-order chi connectivity index (χ1) is 10.6. The first-order valence-corrected chi connectivity index (χ1v) is 7.64. The summed E-state index contributed by atoms with van der Waals surface area (Å²) in [5.74, 6) is 1.40. The minimum absolute atomic E-state index is 0.0909. The zero-order chi connectivity index (χ0) is 15.9. The molecule has 0 bridgehead atoms. The molecule has 6 nitrogen and oxygen atoms in total. The lowest BCUT2D eigenvalue weighted by atomic mass is 10.2. The lowest BCUT2D eigenvalue weighted by Crippen LogP contribution is -2.25. The molecule has 0 radical (unpaired) electrons. The lowest BCUT2D eigenvalue weighted by molar-refractivity contribution is 0.248. The summed E-state index contributed by atoms with van der Waals surface area (Å²) in [7, 11) is 2.07. The van der Waals surface area contributed by atoms with E-state index >= 15 is 0 Å². The molecule has 118 valence electrons. The van der Waals surface area contributed by atoms with Crippen molar-refractivity contribution in [2.75, 3.05) is 24.6 Å². The van der Waals surface area contributed by atoms with Crippen molar-refractivity contribution in [1.29, 1.82) is 0 Å². The number of benzene rings is 1. The van der Waals surface area contributed by atoms with E-state index in [0.29, 0.717) is 11.8 Å². The van der Waals surface area contributed by atoms with Gasteiger partial charge in [-0.25, -0.2) is 0 Å². The van der Waals surface area contributed by atoms with Crippen molar-refractivity contribution in [3.8, 4) is 0 Å². The van der Waals surface area contributed by atoms with Crippen LogP contribution in [-0.2, 0) is 0 Å². The van der Waals surface area contributed by atoms with Gasteiger partial charge in [-0.05, 0) is 39.1 Å². The number of nitrogens with two attached hydrogens (primary N) is 1. The molecule has 0 spiro atoms. The van der Waals surface area contributed by atoms with Gasteiger partial charge < -0.3 is 11.1 Å². The minimum atomic E-state index is 0.0909. The van der Waals surface area contributed by atoms with E-state index in [9.17, 15) is 0 Å². The maximum absolute atomic E-state index is 5.83. The number of nitrogen functional groups attached to an aromatic ring is 1. The number of hydrogen-bond acceptors (Lipinski definition) is 6. The SMILES string of the molecule is CCCCN(C)C(C)c1nc(N)nc(Nc2ccccc2)n1. The average Bonchev–Trinajstić information content (AvgIpc) is 2.52. The van der Waals surface area contributed by atoms with E-state index in [1.54, 1.807) is 0 Å². The summed E-state index contributed by atoms with van der Waals surface area (Å²) in [6.07, 6.45) is 2.31. The second-order valence-corrected chi connectivity index (χ2v) is 5.38. The smallest absolute Gasteiger partial charge is 0.232 e. The summed E-state index contributed by atoms with van der Waals surface area (Å²) in [6.45, 7) is 5.27. The molecule has 1 heterocycles. The summed E-state index contributed by atoms with van der Waals surface area (Å²) in [5.41, 5.74) is 6.75. The van der Waals surface area contributed by atoms with E-state index < -0.39 is 0 Å².